The van der Waals surface area contributed by atoms with Crippen molar-refractivity contribution < 1.29 is 19.1 Å². The molecule has 1 aromatic carbocycles. The van der Waals surface area contributed by atoms with Gasteiger partial charge in [0.25, 0.3) is 11.1 Å². The molecule has 0 radical (unpaired) electrons. The number of rotatable bonds is 6. The van der Waals surface area contributed by atoms with E-state index >= 15 is 0 Å². The molecule has 1 unspecified atom stereocenters. The maximum Gasteiger partial charge on any atom is 0.293 e. The Kier molecular flexibility index (Phi) is 5.71. The molecule has 0 bridgehead atoms. The molecule has 1 saturated heterocycles. The Hall–Kier alpha value is -1.95. The van der Waals surface area contributed by atoms with E-state index in [4.69, 9.17) is 9.47 Å². The third kappa shape index (κ3) is 3.69. The molecule has 1 aromatic rings. The highest BCUT2D eigenvalue weighted by molar-refractivity contribution is 8.18. The Labute approximate surface area is 140 Å². The lowest BCUT2D eigenvalue weighted by atomic mass is 10.1. The molecule has 0 aliphatic carbocycles. The number of ether oxygens (including phenoxy) is 2. The van der Waals surface area contributed by atoms with E-state index in [0.717, 1.165) is 23.7 Å². The second-order valence-electron chi connectivity index (χ2n) is 5.15. The predicted octanol–water partition coefficient (Wildman–Crippen LogP) is 3.93. The maximum atomic E-state index is 12.4. The molecule has 5 nitrogen and oxygen atoms in total. The molecule has 124 valence electrons. The van der Waals surface area contributed by atoms with Crippen LogP contribution < -0.4 is 9.47 Å². The molecule has 1 heterocycles. The highest BCUT2D eigenvalue weighted by atomic mass is 32.2. The van der Waals surface area contributed by atoms with Crippen LogP contribution in [0.1, 0.15) is 32.8 Å². The maximum absolute atomic E-state index is 12.4. The van der Waals surface area contributed by atoms with Crippen LogP contribution in [0.15, 0.2) is 23.1 Å². The van der Waals surface area contributed by atoms with E-state index in [1.54, 1.807) is 25.3 Å². The molecule has 0 aromatic heterocycles. The van der Waals surface area contributed by atoms with E-state index in [-0.39, 0.29) is 17.2 Å². The van der Waals surface area contributed by atoms with E-state index < -0.39 is 0 Å². The molecule has 1 fully saturated rings. The number of carbonyl (C=O) groups is 2. The zero-order chi connectivity index (χ0) is 17.0. The van der Waals surface area contributed by atoms with Crippen molar-refractivity contribution in [2.75, 3.05) is 13.7 Å². The van der Waals surface area contributed by atoms with Crippen molar-refractivity contribution in [1.82, 2.24) is 4.90 Å². The van der Waals surface area contributed by atoms with Crippen LogP contribution in [0, 0.1) is 0 Å². The van der Waals surface area contributed by atoms with Crippen molar-refractivity contribution in [3.8, 4) is 11.5 Å². The number of imide groups is 1. The quantitative estimate of drug-likeness (QED) is 0.737. The minimum absolute atomic E-state index is 0.0942. The van der Waals surface area contributed by atoms with Gasteiger partial charge in [-0.2, -0.15) is 0 Å². The summed E-state index contributed by atoms with van der Waals surface area (Å²) in [6.07, 6.45) is 2.45. The monoisotopic (exact) mass is 335 g/mol. The number of amides is 2. The van der Waals surface area contributed by atoms with Gasteiger partial charge in [0, 0.05) is 6.04 Å². The fraction of sp³-hybridized carbons (Fsp3) is 0.412. The zero-order valence-corrected chi connectivity index (χ0v) is 14.6. The van der Waals surface area contributed by atoms with Gasteiger partial charge < -0.3 is 9.47 Å². The van der Waals surface area contributed by atoms with Gasteiger partial charge in [-0.1, -0.05) is 13.0 Å². The fourth-order valence-electron chi connectivity index (χ4n) is 2.24. The van der Waals surface area contributed by atoms with Gasteiger partial charge in [-0.15, -0.1) is 0 Å². The van der Waals surface area contributed by atoms with Crippen molar-refractivity contribution in [3.05, 3.63) is 28.7 Å². The summed E-state index contributed by atoms with van der Waals surface area (Å²) in [4.78, 5) is 26.2. The summed E-state index contributed by atoms with van der Waals surface area (Å²) in [5.74, 6) is 1.02. The van der Waals surface area contributed by atoms with Gasteiger partial charge in [0.15, 0.2) is 11.5 Å². The normalized spacial score (nSPS) is 17.7. The lowest BCUT2D eigenvalue weighted by molar-refractivity contribution is -0.124. The highest BCUT2D eigenvalue weighted by Crippen LogP contribution is 2.35. The largest absolute Gasteiger partial charge is 0.493 e. The lowest BCUT2D eigenvalue weighted by Crippen LogP contribution is -2.36. The highest BCUT2D eigenvalue weighted by Gasteiger charge is 2.37. The second-order valence-corrected chi connectivity index (χ2v) is 6.15. The molecule has 0 spiro atoms. The molecule has 2 amide bonds. The van der Waals surface area contributed by atoms with Gasteiger partial charge in [0.2, 0.25) is 0 Å². The van der Waals surface area contributed by atoms with Crippen LogP contribution in [-0.4, -0.2) is 35.8 Å². The van der Waals surface area contributed by atoms with Crippen LogP contribution in [0.3, 0.4) is 0 Å². The first-order valence-corrected chi connectivity index (χ1v) is 8.41. The van der Waals surface area contributed by atoms with Gasteiger partial charge in [0.1, 0.15) is 0 Å². The number of carbonyl (C=O) groups excluding carboxylic acids is 2. The number of thioether (sulfide) groups is 1. The zero-order valence-electron chi connectivity index (χ0n) is 13.8. The standard InChI is InChI=1S/C17H21NO4S/c1-5-11(3)18-16(19)15(23-17(18)20)10-12-7-8-13(22-6-2)14(9-12)21-4/h7-11H,5-6H2,1-4H3. The summed E-state index contributed by atoms with van der Waals surface area (Å²) < 4.78 is 10.8. The van der Waals surface area contributed by atoms with Gasteiger partial charge in [0.05, 0.1) is 18.6 Å². The van der Waals surface area contributed by atoms with Crippen LogP contribution in [-0.2, 0) is 4.79 Å². The van der Waals surface area contributed by atoms with E-state index in [2.05, 4.69) is 0 Å². The van der Waals surface area contributed by atoms with E-state index in [9.17, 15) is 9.59 Å². The van der Waals surface area contributed by atoms with E-state index in [1.165, 1.54) is 4.90 Å². The summed E-state index contributed by atoms with van der Waals surface area (Å²) >= 11 is 0.975. The molecule has 1 aliphatic rings. The number of methoxy groups -OCH3 is 1. The van der Waals surface area contributed by atoms with Crippen LogP contribution in [0.25, 0.3) is 6.08 Å². The Morgan fingerprint density at radius 2 is 2.00 bits per heavy atom. The van der Waals surface area contributed by atoms with E-state index in [0.29, 0.717) is 23.0 Å². The average Bonchev–Trinajstić information content (AvgIpc) is 2.82. The Morgan fingerprint density at radius 1 is 1.26 bits per heavy atom. The first-order valence-electron chi connectivity index (χ1n) is 7.59. The lowest BCUT2D eigenvalue weighted by Gasteiger charge is -2.19. The summed E-state index contributed by atoms with van der Waals surface area (Å²) in [6.45, 7) is 6.27. The Bertz CT molecular complexity index is 641. The smallest absolute Gasteiger partial charge is 0.293 e. The SMILES string of the molecule is CCOc1ccc(C=C2SC(=O)N(C(C)CC)C2=O)cc1OC. The van der Waals surface area contributed by atoms with Crippen molar-refractivity contribution in [2.45, 2.75) is 33.2 Å². The summed E-state index contributed by atoms with van der Waals surface area (Å²) in [6, 6.07) is 5.34. The minimum atomic E-state index is -0.234. The van der Waals surface area contributed by atoms with Gasteiger partial charge in [-0.25, -0.2) is 0 Å². The van der Waals surface area contributed by atoms with Crippen LogP contribution in [0.2, 0.25) is 0 Å². The summed E-state index contributed by atoms with van der Waals surface area (Å²) in [5, 5.41) is -0.214. The number of nitrogens with zero attached hydrogens (tertiary/aromatic N) is 1. The second kappa shape index (κ2) is 7.55. The van der Waals surface area contributed by atoms with Crippen LogP contribution >= 0.6 is 11.8 Å². The molecule has 0 N–H and O–H groups in total. The average molecular weight is 335 g/mol. The van der Waals surface area contributed by atoms with Crippen molar-refractivity contribution >= 4 is 29.0 Å². The third-order valence-corrected chi connectivity index (χ3v) is 4.52. The first-order chi connectivity index (χ1) is 11.0. The molecular formula is C17H21NO4S. The number of hydrogen-bond acceptors (Lipinski definition) is 5. The Balaban J connectivity index is 2.28. The van der Waals surface area contributed by atoms with Crippen molar-refractivity contribution in [3.63, 3.8) is 0 Å². The van der Waals surface area contributed by atoms with Gasteiger partial charge in [-0.05, 0) is 55.8 Å². The summed E-state index contributed by atoms with van der Waals surface area (Å²) in [7, 11) is 1.57. The molecule has 2 rings (SSSR count). The molecule has 0 saturated carbocycles. The number of benzene rings is 1. The summed E-state index contributed by atoms with van der Waals surface area (Å²) in [5.41, 5.74) is 0.792. The topological polar surface area (TPSA) is 55.8 Å². The molecule has 1 atom stereocenters. The van der Waals surface area contributed by atoms with Gasteiger partial charge in [-0.3, -0.25) is 14.5 Å². The minimum Gasteiger partial charge on any atom is -0.493 e. The van der Waals surface area contributed by atoms with E-state index in [1.807, 2.05) is 26.8 Å². The van der Waals surface area contributed by atoms with Crippen molar-refractivity contribution in [2.24, 2.45) is 0 Å². The van der Waals surface area contributed by atoms with Crippen molar-refractivity contribution in [1.29, 1.82) is 0 Å². The molecular weight excluding hydrogens is 314 g/mol. The number of hydrogen-bond donors (Lipinski definition) is 0. The van der Waals surface area contributed by atoms with Crippen LogP contribution in [0.4, 0.5) is 4.79 Å². The molecule has 1 aliphatic heterocycles. The predicted molar refractivity (Wildman–Crippen MR) is 91.7 cm³/mol. The molecule has 23 heavy (non-hydrogen) atoms. The third-order valence-electron chi connectivity index (χ3n) is 3.64. The van der Waals surface area contributed by atoms with Gasteiger partial charge >= 0.3 is 0 Å². The first kappa shape index (κ1) is 17.4. The Morgan fingerprint density at radius 3 is 2.61 bits per heavy atom. The fourth-order valence-corrected chi connectivity index (χ4v) is 3.17. The van der Waals surface area contributed by atoms with Crippen LogP contribution in [0.5, 0.6) is 11.5 Å². The molecule has 6 heteroatoms.